The normalized spacial score (nSPS) is 11.0. The topological polar surface area (TPSA) is 88.8 Å². The number of amides is 1. The Hall–Kier alpha value is -3.02. The van der Waals surface area contributed by atoms with Gasteiger partial charge in [-0.2, -0.15) is 0 Å². The smallest absolute Gasteiger partial charge is 0.412 e. The van der Waals surface area contributed by atoms with Gasteiger partial charge < -0.3 is 14.3 Å². The summed E-state index contributed by atoms with van der Waals surface area (Å²) in [5, 5.41) is 11.2. The predicted octanol–water partition coefficient (Wildman–Crippen LogP) is 2.63. The lowest BCUT2D eigenvalue weighted by Crippen LogP contribution is -2.27. The van der Waals surface area contributed by atoms with E-state index in [1.54, 1.807) is 18.2 Å². The van der Waals surface area contributed by atoms with Crippen molar-refractivity contribution in [3.05, 3.63) is 65.7 Å². The van der Waals surface area contributed by atoms with Crippen LogP contribution in [-0.2, 0) is 16.1 Å². The van der Waals surface area contributed by atoms with E-state index in [0.717, 1.165) is 5.56 Å². The highest BCUT2D eigenvalue weighted by Gasteiger charge is 2.13. The van der Waals surface area contributed by atoms with E-state index in [1.807, 2.05) is 18.2 Å². The zero-order valence-electron chi connectivity index (χ0n) is 11.0. The molecule has 0 spiro atoms. The largest absolute Gasteiger partial charge is 0.477 e. The average Bonchev–Trinajstić information content (AvgIpc) is 2.98. The molecule has 108 valence electrons. The Labute approximate surface area is 120 Å². The maximum absolute atomic E-state index is 11.6. The second kappa shape index (κ2) is 6.95. The second-order valence-electron chi connectivity index (χ2n) is 4.11. The summed E-state index contributed by atoms with van der Waals surface area (Å²) < 4.78 is 9.77. The van der Waals surface area contributed by atoms with E-state index in [1.165, 1.54) is 18.6 Å². The molecule has 0 unspecified atom stereocenters. The number of carboxylic acid groups (broad SMARTS) is 1. The van der Waals surface area contributed by atoms with Crippen molar-refractivity contribution >= 4 is 18.1 Å². The van der Waals surface area contributed by atoms with E-state index >= 15 is 0 Å². The Balaban J connectivity index is 1.94. The van der Waals surface area contributed by atoms with Crippen molar-refractivity contribution in [3.8, 4) is 0 Å². The number of benzene rings is 1. The number of carboxylic acids is 1. The van der Waals surface area contributed by atoms with Gasteiger partial charge in [0.15, 0.2) is 0 Å². The van der Waals surface area contributed by atoms with E-state index in [9.17, 15) is 9.59 Å². The van der Waals surface area contributed by atoms with Gasteiger partial charge >= 0.3 is 12.1 Å². The number of hydrogen-bond donors (Lipinski definition) is 2. The van der Waals surface area contributed by atoms with Gasteiger partial charge in [0.2, 0.25) is 0 Å². The van der Waals surface area contributed by atoms with E-state index in [2.05, 4.69) is 5.32 Å². The predicted molar refractivity (Wildman–Crippen MR) is 74.1 cm³/mol. The van der Waals surface area contributed by atoms with Crippen LogP contribution in [0, 0.1) is 0 Å². The molecule has 1 heterocycles. The van der Waals surface area contributed by atoms with Crippen molar-refractivity contribution in [2.75, 3.05) is 0 Å². The van der Waals surface area contributed by atoms with Crippen LogP contribution in [0.25, 0.3) is 6.08 Å². The summed E-state index contributed by atoms with van der Waals surface area (Å²) in [6, 6.07) is 10.6. The van der Waals surface area contributed by atoms with Crippen molar-refractivity contribution in [1.29, 1.82) is 0 Å². The number of aliphatic carboxylic acids is 1. The molecule has 0 aliphatic rings. The van der Waals surface area contributed by atoms with Crippen LogP contribution in [0.4, 0.5) is 4.79 Å². The number of rotatable bonds is 5. The molecule has 2 aromatic rings. The van der Waals surface area contributed by atoms with Crippen molar-refractivity contribution < 1.29 is 23.8 Å². The molecular formula is C15H13NO5. The molecule has 0 radical (unpaired) electrons. The minimum Gasteiger partial charge on any atom is -0.477 e. The number of hydrogen-bond acceptors (Lipinski definition) is 4. The highest BCUT2D eigenvalue weighted by molar-refractivity contribution is 5.95. The van der Waals surface area contributed by atoms with Crippen molar-refractivity contribution in [3.63, 3.8) is 0 Å². The van der Waals surface area contributed by atoms with Gasteiger partial charge in [0, 0.05) is 5.56 Å². The second-order valence-corrected chi connectivity index (χ2v) is 4.11. The molecule has 0 aliphatic carbocycles. The zero-order valence-corrected chi connectivity index (χ0v) is 11.0. The van der Waals surface area contributed by atoms with E-state index < -0.39 is 12.1 Å². The fourth-order valence-corrected chi connectivity index (χ4v) is 1.54. The lowest BCUT2D eigenvalue weighted by molar-refractivity contribution is -0.132. The van der Waals surface area contributed by atoms with Crippen LogP contribution in [0.5, 0.6) is 0 Å². The van der Waals surface area contributed by atoms with Crippen molar-refractivity contribution in [2.24, 2.45) is 0 Å². The summed E-state index contributed by atoms with van der Waals surface area (Å²) in [5.74, 6) is -1.27. The highest BCUT2D eigenvalue weighted by Crippen LogP contribution is 2.07. The standard InChI is InChI=1S/C15H13NO5/c17-14(18)13(8-12-6-7-20-9-12)16-15(19)21-10-11-4-2-1-3-5-11/h1-9H,10H2,(H,16,19)(H,17,18)/b13-8+. The average molecular weight is 287 g/mol. The molecule has 0 aliphatic heterocycles. The first-order valence-electron chi connectivity index (χ1n) is 6.10. The van der Waals surface area contributed by atoms with Gasteiger partial charge in [-0.3, -0.25) is 5.32 Å². The molecule has 1 amide bonds. The van der Waals surface area contributed by atoms with Crippen LogP contribution in [0.1, 0.15) is 11.1 Å². The minimum atomic E-state index is -1.27. The van der Waals surface area contributed by atoms with Gasteiger partial charge in [0.1, 0.15) is 12.3 Å². The monoisotopic (exact) mass is 287 g/mol. The van der Waals surface area contributed by atoms with E-state index in [4.69, 9.17) is 14.3 Å². The van der Waals surface area contributed by atoms with Gasteiger partial charge in [0.25, 0.3) is 0 Å². The number of furan rings is 1. The SMILES string of the molecule is O=C(N/C(=C/c1ccoc1)C(=O)O)OCc1ccccc1. The van der Waals surface area contributed by atoms with Gasteiger partial charge in [-0.15, -0.1) is 0 Å². The molecule has 1 aromatic carbocycles. The third-order valence-corrected chi connectivity index (χ3v) is 2.53. The molecular weight excluding hydrogens is 274 g/mol. The zero-order chi connectivity index (χ0) is 15.1. The maximum atomic E-state index is 11.6. The summed E-state index contributed by atoms with van der Waals surface area (Å²) >= 11 is 0. The van der Waals surface area contributed by atoms with Crippen LogP contribution in [0.3, 0.4) is 0 Å². The number of alkyl carbamates (subject to hydrolysis) is 1. The first-order valence-corrected chi connectivity index (χ1v) is 6.10. The molecule has 0 saturated heterocycles. The summed E-state index contributed by atoms with van der Waals surface area (Å²) in [7, 11) is 0. The van der Waals surface area contributed by atoms with Gasteiger partial charge in [-0.25, -0.2) is 9.59 Å². The number of ether oxygens (including phenoxy) is 1. The molecule has 0 saturated carbocycles. The molecule has 6 nitrogen and oxygen atoms in total. The maximum Gasteiger partial charge on any atom is 0.412 e. The Morgan fingerprint density at radius 3 is 2.62 bits per heavy atom. The molecule has 0 bridgehead atoms. The number of carbonyl (C=O) groups is 2. The Bertz CT molecular complexity index is 631. The Morgan fingerprint density at radius 2 is 2.00 bits per heavy atom. The van der Waals surface area contributed by atoms with Crippen LogP contribution in [-0.4, -0.2) is 17.2 Å². The third-order valence-electron chi connectivity index (χ3n) is 2.53. The third kappa shape index (κ3) is 4.54. The van der Waals surface area contributed by atoms with Gasteiger partial charge in [-0.1, -0.05) is 30.3 Å². The molecule has 2 N–H and O–H groups in total. The quantitative estimate of drug-likeness (QED) is 0.825. The summed E-state index contributed by atoms with van der Waals surface area (Å²) in [6.45, 7) is 0.0608. The molecule has 0 atom stereocenters. The first kappa shape index (κ1) is 14.4. The van der Waals surface area contributed by atoms with Crippen LogP contribution < -0.4 is 5.32 Å². The Morgan fingerprint density at radius 1 is 1.24 bits per heavy atom. The summed E-state index contributed by atoms with van der Waals surface area (Å²) in [6.07, 6.45) is 3.20. The molecule has 2 rings (SSSR count). The molecule has 21 heavy (non-hydrogen) atoms. The lowest BCUT2D eigenvalue weighted by atomic mass is 10.2. The lowest BCUT2D eigenvalue weighted by Gasteiger charge is -2.07. The van der Waals surface area contributed by atoms with Crippen LogP contribution in [0.15, 0.2) is 59.0 Å². The van der Waals surface area contributed by atoms with Gasteiger partial charge in [0.05, 0.1) is 12.5 Å². The molecule has 6 heteroatoms. The van der Waals surface area contributed by atoms with E-state index in [-0.39, 0.29) is 12.3 Å². The van der Waals surface area contributed by atoms with Crippen molar-refractivity contribution in [2.45, 2.75) is 6.61 Å². The molecule has 0 fully saturated rings. The fraction of sp³-hybridized carbons (Fsp3) is 0.0667. The highest BCUT2D eigenvalue weighted by atomic mass is 16.5. The number of carbonyl (C=O) groups excluding carboxylic acids is 1. The Kier molecular flexibility index (Phi) is 4.76. The molecule has 1 aromatic heterocycles. The van der Waals surface area contributed by atoms with Crippen molar-refractivity contribution in [1.82, 2.24) is 5.32 Å². The van der Waals surface area contributed by atoms with Crippen LogP contribution in [0.2, 0.25) is 0 Å². The summed E-state index contributed by atoms with van der Waals surface area (Å²) in [4.78, 5) is 22.7. The fourth-order valence-electron chi connectivity index (χ4n) is 1.54. The van der Waals surface area contributed by atoms with Gasteiger partial charge in [-0.05, 0) is 17.7 Å². The summed E-state index contributed by atoms with van der Waals surface area (Å²) in [5.41, 5.74) is 1.04. The number of nitrogens with one attached hydrogen (secondary N) is 1. The van der Waals surface area contributed by atoms with Crippen LogP contribution >= 0.6 is 0 Å². The minimum absolute atomic E-state index is 0.0608. The van der Waals surface area contributed by atoms with E-state index in [0.29, 0.717) is 5.56 Å². The first-order chi connectivity index (χ1) is 10.1.